The maximum atomic E-state index is 13.0. The lowest BCUT2D eigenvalue weighted by Crippen LogP contribution is -2.54. The summed E-state index contributed by atoms with van der Waals surface area (Å²) in [6.45, 7) is 2.15. The van der Waals surface area contributed by atoms with Gasteiger partial charge in [0.05, 0.1) is 28.7 Å². The summed E-state index contributed by atoms with van der Waals surface area (Å²) in [4.78, 5) is 43.8. The topological polar surface area (TPSA) is 282 Å². The highest BCUT2D eigenvalue weighted by Gasteiger charge is 2.29. The molecule has 2 saturated heterocycles. The lowest BCUT2D eigenvalue weighted by atomic mass is 10.0. The Morgan fingerprint density at radius 3 is 1.89 bits per heavy atom. The lowest BCUT2D eigenvalue weighted by molar-refractivity contribution is -0.115. The zero-order valence-corrected chi connectivity index (χ0v) is 30.0. The van der Waals surface area contributed by atoms with Gasteiger partial charge in [0.2, 0.25) is 23.8 Å². The number of carbonyl (C=O) groups is 2. The van der Waals surface area contributed by atoms with Gasteiger partial charge >= 0.3 is 0 Å². The van der Waals surface area contributed by atoms with E-state index in [9.17, 15) is 18.0 Å². The summed E-state index contributed by atoms with van der Waals surface area (Å²) in [6, 6.07) is 16.7. The van der Waals surface area contributed by atoms with Crippen molar-refractivity contribution in [3.63, 3.8) is 0 Å². The van der Waals surface area contributed by atoms with E-state index >= 15 is 0 Å². The molecule has 0 bridgehead atoms. The molecule has 12 N–H and O–H groups in total. The van der Waals surface area contributed by atoms with Crippen LogP contribution in [-0.4, -0.2) is 95.6 Å². The molecule has 2 fully saturated rings. The average molecular weight is 755 g/mol. The molecule has 282 valence electrons. The number of hydrogen-bond donors (Lipinski definition) is 8. The van der Waals surface area contributed by atoms with Crippen LogP contribution in [0.5, 0.6) is 0 Å². The second-order valence-electron chi connectivity index (χ2n) is 13.7. The number of hydrogen-bond acceptors (Lipinski definition) is 15. The zero-order chi connectivity index (χ0) is 38.0. The van der Waals surface area contributed by atoms with Gasteiger partial charge in [-0.15, -0.1) is 0 Å². The number of ketones is 1. The smallest absolute Gasteiger partial charge is 0.261 e. The first-order chi connectivity index (χ1) is 25.9. The average Bonchev–Trinajstić information content (AvgIpc) is 3.59. The highest BCUT2D eigenvalue weighted by Crippen LogP contribution is 2.25. The number of amides is 1. The Labute approximate surface area is 311 Å². The number of H-pyrrole nitrogens is 1. The van der Waals surface area contributed by atoms with E-state index < -0.39 is 28.1 Å². The molecule has 0 saturated carbocycles. The summed E-state index contributed by atoms with van der Waals surface area (Å²) in [7, 11) is -3.90. The van der Waals surface area contributed by atoms with E-state index in [4.69, 9.17) is 27.9 Å². The van der Waals surface area contributed by atoms with Crippen molar-refractivity contribution in [3.05, 3.63) is 78.5 Å². The number of nitrogens with two attached hydrogens (primary N) is 4. The molecule has 2 aliphatic heterocycles. The number of sulfonamides is 1. The number of carbonyl (C=O) groups excluding carboxylic acids is 2. The molecule has 3 aromatic carbocycles. The van der Waals surface area contributed by atoms with E-state index in [1.807, 2.05) is 9.80 Å². The van der Waals surface area contributed by atoms with Crippen LogP contribution in [0.2, 0.25) is 0 Å². The summed E-state index contributed by atoms with van der Waals surface area (Å²) in [5, 5.41) is 13.4. The molecule has 0 aliphatic carbocycles. The Kier molecular flexibility index (Phi) is 10.4. The molecule has 0 unspecified atom stereocenters. The lowest BCUT2D eigenvalue weighted by Gasteiger charge is -2.37. The fourth-order valence-electron chi connectivity index (χ4n) is 6.63. The van der Waals surface area contributed by atoms with Gasteiger partial charge in [-0.1, -0.05) is 0 Å². The van der Waals surface area contributed by atoms with Crippen LogP contribution in [0.15, 0.2) is 77.8 Å². The third kappa shape index (κ3) is 8.72. The molecule has 18 nitrogen and oxygen atoms in total. The van der Waals surface area contributed by atoms with Crippen molar-refractivity contribution >= 4 is 67.5 Å². The van der Waals surface area contributed by atoms with Gasteiger partial charge < -0.3 is 43.4 Å². The number of benzene rings is 3. The highest BCUT2D eigenvalue weighted by atomic mass is 32.2. The van der Waals surface area contributed by atoms with Gasteiger partial charge in [0.1, 0.15) is 0 Å². The standard InChI is InChI=1S/C35H42N14O4S/c36-22-11-23(37)17-48(16-22)34-43-33(44-35(45-34)49-18-24(38)12-25(39)19-49)42-27-4-1-20(2-5-27)31(50)14-32(51)41-26-7-9-29(10-8-26)54(52,53)47-28-6-3-21-15-40-46-30(21)13-28/h1-10,13,15,22-25,47H,11-12,14,16-19,36-39H2,(H,40,46)(H,41,51)(H,42,43,44,45)/t22-,23+,24-,25+. The first kappa shape index (κ1) is 36.6. The number of aromatic nitrogens is 5. The summed E-state index contributed by atoms with van der Waals surface area (Å²) in [5.41, 5.74) is 27.4. The van der Waals surface area contributed by atoms with Gasteiger partial charge in [-0.25, -0.2) is 8.42 Å². The molecular weight excluding hydrogens is 713 g/mol. The van der Waals surface area contributed by atoms with E-state index in [-0.39, 0.29) is 35.0 Å². The maximum absolute atomic E-state index is 13.0. The molecule has 4 heterocycles. The van der Waals surface area contributed by atoms with E-state index in [2.05, 4.69) is 35.5 Å². The second kappa shape index (κ2) is 15.3. The fraction of sp³-hybridized carbons (Fsp3) is 0.314. The summed E-state index contributed by atoms with van der Waals surface area (Å²) >= 11 is 0. The molecule has 7 rings (SSSR count). The number of Topliss-reactive ketones (excluding diaryl/α,β-unsaturated/α-hetero) is 1. The quantitative estimate of drug-likeness (QED) is 0.0695. The SMILES string of the molecule is N[C@@H]1C[C@H](N)CN(c2nc(Nc3ccc(C(=O)CC(=O)Nc4ccc(S(=O)(=O)Nc5ccc6cn[nH]c6c5)cc4)cc3)nc(N3C[C@H](N)C[C@H](N)C3)n2)C1. The Balaban J connectivity index is 0.978. The number of rotatable bonds is 11. The Morgan fingerprint density at radius 2 is 1.30 bits per heavy atom. The molecule has 19 heteroatoms. The molecule has 1 amide bonds. The van der Waals surface area contributed by atoms with Crippen LogP contribution < -0.4 is 48.1 Å². The summed E-state index contributed by atoms with van der Waals surface area (Å²) < 4.78 is 28.4. The molecule has 0 radical (unpaired) electrons. The molecule has 0 spiro atoms. The van der Waals surface area contributed by atoms with Crippen LogP contribution in [0, 0.1) is 0 Å². The minimum atomic E-state index is -3.90. The highest BCUT2D eigenvalue weighted by molar-refractivity contribution is 7.92. The number of nitrogens with zero attached hydrogens (tertiary/aromatic N) is 6. The minimum Gasteiger partial charge on any atom is -0.338 e. The summed E-state index contributed by atoms with van der Waals surface area (Å²) in [6.07, 6.45) is 2.62. The Hall–Kier alpha value is -5.73. The maximum Gasteiger partial charge on any atom is 0.261 e. The first-order valence-corrected chi connectivity index (χ1v) is 18.9. The number of anilines is 6. The third-order valence-corrected chi connectivity index (χ3v) is 10.5. The molecule has 54 heavy (non-hydrogen) atoms. The molecule has 4 atom stereocenters. The van der Waals surface area contributed by atoms with Crippen molar-refractivity contribution in [2.75, 3.05) is 51.3 Å². The third-order valence-electron chi connectivity index (χ3n) is 9.13. The Morgan fingerprint density at radius 1 is 0.741 bits per heavy atom. The second-order valence-corrected chi connectivity index (χ2v) is 15.4. The number of aromatic amines is 1. The van der Waals surface area contributed by atoms with Gasteiger partial charge in [0.15, 0.2) is 5.78 Å². The van der Waals surface area contributed by atoms with Crippen LogP contribution in [0.3, 0.4) is 0 Å². The van der Waals surface area contributed by atoms with Crippen LogP contribution in [0.1, 0.15) is 29.6 Å². The van der Waals surface area contributed by atoms with E-state index in [0.29, 0.717) is 79.1 Å². The van der Waals surface area contributed by atoms with Gasteiger partial charge in [-0.3, -0.25) is 19.4 Å². The van der Waals surface area contributed by atoms with Gasteiger partial charge in [0, 0.05) is 72.7 Å². The van der Waals surface area contributed by atoms with Crippen molar-refractivity contribution in [1.29, 1.82) is 0 Å². The van der Waals surface area contributed by atoms with Crippen LogP contribution >= 0.6 is 0 Å². The van der Waals surface area contributed by atoms with E-state index in [1.54, 1.807) is 48.7 Å². The number of fused-ring (bicyclic) bond motifs is 1. The molecule has 5 aromatic rings. The first-order valence-electron chi connectivity index (χ1n) is 17.4. The molecular formula is C35H42N14O4S. The van der Waals surface area contributed by atoms with Crippen molar-refractivity contribution in [2.24, 2.45) is 22.9 Å². The minimum absolute atomic E-state index is 0.000574. The molecule has 2 aliphatic rings. The predicted molar refractivity (Wildman–Crippen MR) is 206 cm³/mol. The van der Waals surface area contributed by atoms with Crippen LogP contribution in [0.25, 0.3) is 10.9 Å². The fourth-order valence-corrected chi connectivity index (χ4v) is 7.68. The zero-order valence-electron chi connectivity index (χ0n) is 29.2. The number of nitrogens with one attached hydrogen (secondary N) is 4. The normalized spacial score (nSPS) is 20.4. The van der Waals surface area contributed by atoms with E-state index in [1.165, 1.54) is 24.3 Å². The van der Waals surface area contributed by atoms with Crippen molar-refractivity contribution < 1.29 is 18.0 Å². The van der Waals surface area contributed by atoms with E-state index in [0.717, 1.165) is 5.39 Å². The van der Waals surface area contributed by atoms with Crippen molar-refractivity contribution in [3.8, 4) is 0 Å². The van der Waals surface area contributed by atoms with Gasteiger partial charge in [-0.2, -0.15) is 20.1 Å². The predicted octanol–water partition coefficient (Wildman–Crippen LogP) is 1.23. The number of piperidine rings is 2. The van der Waals surface area contributed by atoms with Gasteiger partial charge in [-0.05, 0) is 79.6 Å². The summed E-state index contributed by atoms with van der Waals surface area (Å²) in [5.74, 6) is 0.171. The van der Waals surface area contributed by atoms with Gasteiger partial charge in [0.25, 0.3) is 10.0 Å². The monoisotopic (exact) mass is 754 g/mol. The van der Waals surface area contributed by atoms with Crippen LogP contribution in [-0.2, 0) is 14.8 Å². The largest absolute Gasteiger partial charge is 0.338 e. The van der Waals surface area contributed by atoms with Crippen molar-refractivity contribution in [2.45, 2.75) is 48.3 Å². The Bertz CT molecular complexity index is 2190. The van der Waals surface area contributed by atoms with Crippen LogP contribution in [0.4, 0.5) is 34.9 Å². The molecule has 2 aromatic heterocycles. The van der Waals surface area contributed by atoms with Crippen molar-refractivity contribution in [1.82, 2.24) is 25.1 Å².